The quantitative estimate of drug-likeness (QED) is 0.810. The normalized spacial score (nSPS) is 15.8. The lowest BCUT2D eigenvalue weighted by Gasteiger charge is -2.21. The second kappa shape index (κ2) is 6.61. The maximum atomic E-state index is 12.1. The van der Waals surface area contributed by atoms with Gasteiger partial charge in [-0.1, -0.05) is 13.0 Å². The summed E-state index contributed by atoms with van der Waals surface area (Å²) in [4.78, 5) is 12.1. The molecule has 0 aromatic heterocycles. The van der Waals surface area contributed by atoms with Crippen molar-refractivity contribution < 1.29 is 19.0 Å². The minimum atomic E-state index is -0.487. The summed E-state index contributed by atoms with van der Waals surface area (Å²) in [7, 11) is 0. The first-order valence-electron chi connectivity index (χ1n) is 6.98. The van der Waals surface area contributed by atoms with Crippen molar-refractivity contribution in [3.63, 3.8) is 0 Å². The third kappa shape index (κ3) is 3.22. The Bertz CT molecular complexity index is 475. The number of rotatable bonds is 6. The third-order valence-electron chi connectivity index (χ3n) is 3.32. The van der Waals surface area contributed by atoms with Gasteiger partial charge >= 0.3 is 5.97 Å². The summed E-state index contributed by atoms with van der Waals surface area (Å²) in [5.74, 6) is 1.11. The fraction of sp³-hybridized carbons (Fsp3) is 0.533. The second-order valence-electron chi connectivity index (χ2n) is 4.77. The van der Waals surface area contributed by atoms with Gasteiger partial charge in [0.05, 0.1) is 6.61 Å². The SMILES string of the molecule is CCOC(=O)C(NC(C)CC)c1ccc2c(c1)OCO2. The summed E-state index contributed by atoms with van der Waals surface area (Å²) < 4.78 is 15.8. The summed E-state index contributed by atoms with van der Waals surface area (Å²) in [5, 5.41) is 3.29. The summed E-state index contributed by atoms with van der Waals surface area (Å²) in [5.41, 5.74) is 0.827. The fourth-order valence-electron chi connectivity index (χ4n) is 2.02. The van der Waals surface area contributed by atoms with E-state index in [1.54, 1.807) is 6.92 Å². The van der Waals surface area contributed by atoms with Crippen LogP contribution in [0.3, 0.4) is 0 Å². The van der Waals surface area contributed by atoms with Gasteiger partial charge in [0.2, 0.25) is 6.79 Å². The Balaban J connectivity index is 2.23. The Hall–Kier alpha value is -1.75. The molecule has 0 saturated carbocycles. The van der Waals surface area contributed by atoms with Crippen molar-refractivity contribution in [1.29, 1.82) is 0 Å². The highest BCUT2D eigenvalue weighted by molar-refractivity contribution is 5.78. The van der Waals surface area contributed by atoms with E-state index in [0.717, 1.165) is 12.0 Å². The van der Waals surface area contributed by atoms with E-state index in [-0.39, 0.29) is 18.8 Å². The molecule has 0 fully saturated rings. The van der Waals surface area contributed by atoms with Crippen molar-refractivity contribution in [3.05, 3.63) is 23.8 Å². The maximum Gasteiger partial charge on any atom is 0.327 e. The number of hydrogen-bond acceptors (Lipinski definition) is 5. The fourth-order valence-corrected chi connectivity index (χ4v) is 2.02. The highest BCUT2D eigenvalue weighted by Crippen LogP contribution is 2.34. The van der Waals surface area contributed by atoms with E-state index >= 15 is 0 Å². The van der Waals surface area contributed by atoms with Crippen molar-refractivity contribution in [1.82, 2.24) is 5.32 Å². The van der Waals surface area contributed by atoms with Gasteiger partial charge in [-0.2, -0.15) is 0 Å². The molecule has 1 aromatic rings. The first kappa shape index (κ1) is 14.7. The number of esters is 1. The molecule has 0 bridgehead atoms. The lowest BCUT2D eigenvalue weighted by atomic mass is 10.0. The summed E-state index contributed by atoms with van der Waals surface area (Å²) in [6.07, 6.45) is 0.931. The molecular formula is C15H21NO4. The molecule has 0 spiro atoms. The number of fused-ring (bicyclic) bond motifs is 1. The van der Waals surface area contributed by atoms with Gasteiger partial charge in [0, 0.05) is 6.04 Å². The average molecular weight is 279 g/mol. The van der Waals surface area contributed by atoms with Gasteiger partial charge in [-0.25, -0.2) is 4.79 Å². The van der Waals surface area contributed by atoms with Crippen molar-refractivity contribution in [2.75, 3.05) is 13.4 Å². The first-order chi connectivity index (χ1) is 9.65. The minimum absolute atomic E-state index is 0.217. The van der Waals surface area contributed by atoms with E-state index in [1.165, 1.54) is 0 Å². The van der Waals surface area contributed by atoms with E-state index in [9.17, 15) is 4.79 Å². The van der Waals surface area contributed by atoms with Gasteiger partial charge in [0.25, 0.3) is 0 Å². The Morgan fingerprint density at radius 1 is 1.35 bits per heavy atom. The van der Waals surface area contributed by atoms with Crippen LogP contribution in [-0.4, -0.2) is 25.4 Å². The van der Waals surface area contributed by atoms with Crippen LogP contribution in [0.1, 0.15) is 38.8 Å². The van der Waals surface area contributed by atoms with Crippen LogP contribution in [0.15, 0.2) is 18.2 Å². The number of nitrogens with one attached hydrogen (secondary N) is 1. The zero-order valence-electron chi connectivity index (χ0n) is 12.1. The van der Waals surface area contributed by atoms with Gasteiger partial charge < -0.3 is 14.2 Å². The van der Waals surface area contributed by atoms with Gasteiger partial charge in [0.15, 0.2) is 11.5 Å². The topological polar surface area (TPSA) is 56.8 Å². The second-order valence-corrected chi connectivity index (χ2v) is 4.77. The Morgan fingerprint density at radius 3 is 2.80 bits per heavy atom. The smallest absolute Gasteiger partial charge is 0.327 e. The molecule has 110 valence electrons. The number of ether oxygens (including phenoxy) is 3. The van der Waals surface area contributed by atoms with E-state index in [0.29, 0.717) is 18.1 Å². The molecule has 20 heavy (non-hydrogen) atoms. The Morgan fingerprint density at radius 2 is 2.10 bits per heavy atom. The van der Waals surface area contributed by atoms with E-state index in [4.69, 9.17) is 14.2 Å². The van der Waals surface area contributed by atoms with Crippen LogP contribution in [0, 0.1) is 0 Å². The number of carbonyl (C=O) groups is 1. The zero-order chi connectivity index (χ0) is 14.5. The largest absolute Gasteiger partial charge is 0.465 e. The lowest BCUT2D eigenvalue weighted by molar-refractivity contribution is -0.146. The van der Waals surface area contributed by atoms with Gasteiger partial charge in [-0.05, 0) is 38.0 Å². The lowest BCUT2D eigenvalue weighted by Crippen LogP contribution is -2.36. The predicted molar refractivity (Wildman–Crippen MR) is 74.8 cm³/mol. The zero-order valence-corrected chi connectivity index (χ0v) is 12.1. The standard InChI is InChI=1S/C15H21NO4/c1-4-10(3)16-14(15(17)18-5-2)11-6-7-12-13(8-11)20-9-19-12/h6-8,10,14,16H,4-5,9H2,1-3H3. The average Bonchev–Trinajstić information content (AvgIpc) is 2.91. The molecule has 1 N–H and O–H groups in total. The molecule has 0 saturated heterocycles. The molecule has 1 aliphatic heterocycles. The molecule has 1 aromatic carbocycles. The van der Waals surface area contributed by atoms with E-state index in [2.05, 4.69) is 12.2 Å². The van der Waals surface area contributed by atoms with Crippen molar-refractivity contribution in [2.24, 2.45) is 0 Å². The number of carbonyl (C=O) groups excluding carboxylic acids is 1. The van der Waals surface area contributed by atoms with Crippen LogP contribution in [0.2, 0.25) is 0 Å². The predicted octanol–water partition coefficient (Wildman–Crippen LogP) is 2.41. The molecule has 2 atom stereocenters. The number of hydrogen-bond donors (Lipinski definition) is 1. The molecule has 5 nitrogen and oxygen atoms in total. The minimum Gasteiger partial charge on any atom is -0.465 e. The van der Waals surface area contributed by atoms with Gasteiger partial charge in [-0.3, -0.25) is 5.32 Å². The van der Waals surface area contributed by atoms with Crippen LogP contribution in [0.25, 0.3) is 0 Å². The van der Waals surface area contributed by atoms with Crippen LogP contribution in [0.4, 0.5) is 0 Å². The van der Waals surface area contributed by atoms with Crippen molar-refractivity contribution in [3.8, 4) is 11.5 Å². The van der Waals surface area contributed by atoms with Crippen LogP contribution >= 0.6 is 0 Å². The molecule has 2 rings (SSSR count). The van der Waals surface area contributed by atoms with Crippen molar-refractivity contribution in [2.45, 2.75) is 39.3 Å². The van der Waals surface area contributed by atoms with Crippen LogP contribution in [0.5, 0.6) is 11.5 Å². The van der Waals surface area contributed by atoms with Crippen LogP contribution in [-0.2, 0) is 9.53 Å². The highest BCUT2D eigenvalue weighted by Gasteiger charge is 2.25. The monoisotopic (exact) mass is 279 g/mol. The summed E-state index contributed by atoms with van der Waals surface area (Å²) >= 11 is 0. The van der Waals surface area contributed by atoms with E-state index in [1.807, 2.05) is 25.1 Å². The number of benzene rings is 1. The molecular weight excluding hydrogens is 258 g/mol. The van der Waals surface area contributed by atoms with Crippen molar-refractivity contribution >= 4 is 5.97 Å². The van der Waals surface area contributed by atoms with Crippen LogP contribution < -0.4 is 14.8 Å². The Labute approximate surface area is 119 Å². The van der Waals surface area contributed by atoms with E-state index < -0.39 is 6.04 Å². The molecule has 0 amide bonds. The summed E-state index contributed by atoms with van der Waals surface area (Å²) in [6, 6.07) is 5.25. The highest BCUT2D eigenvalue weighted by atomic mass is 16.7. The molecule has 1 heterocycles. The molecule has 5 heteroatoms. The first-order valence-corrected chi connectivity index (χ1v) is 6.98. The molecule has 0 radical (unpaired) electrons. The molecule has 0 aliphatic carbocycles. The third-order valence-corrected chi connectivity index (χ3v) is 3.32. The molecule has 2 unspecified atom stereocenters. The van der Waals surface area contributed by atoms with Gasteiger partial charge in [-0.15, -0.1) is 0 Å². The molecule has 1 aliphatic rings. The maximum absolute atomic E-state index is 12.1. The van der Waals surface area contributed by atoms with Gasteiger partial charge in [0.1, 0.15) is 6.04 Å². The Kier molecular flexibility index (Phi) is 4.84. The summed E-state index contributed by atoms with van der Waals surface area (Å²) in [6.45, 7) is 6.50.